The van der Waals surface area contributed by atoms with Crippen molar-refractivity contribution in [1.82, 2.24) is 36.1 Å². The Morgan fingerprint density at radius 3 is 2.09 bits per heavy atom. The van der Waals surface area contributed by atoms with E-state index in [0.29, 0.717) is 51.0 Å². The second-order valence-corrected chi connectivity index (χ2v) is 17.5. The molecule has 4 atom stereocenters. The number of carbonyl (C=O) groups excluding carboxylic acids is 5. The van der Waals surface area contributed by atoms with Gasteiger partial charge in [0.05, 0.1) is 29.1 Å². The fourth-order valence-electron chi connectivity index (χ4n) is 8.77. The number of amides is 5. The van der Waals surface area contributed by atoms with Crippen LogP contribution in [0.2, 0.25) is 0 Å². The first-order valence-corrected chi connectivity index (χ1v) is 23.8. The van der Waals surface area contributed by atoms with E-state index in [2.05, 4.69) is 31.2 Å². The van der Waals surface area contributed by atoms with Gasteiger partial charge in [0.25, 0.3) is 5.91 Å². The molecule has 1 fully saturated rings. The standard InChI is InChI=1S/C51H65N11O8/c1-30-44(31(2)58-46(57-30)34-12-15-37(16-13-34)70-36-9-7-5-6-8-10-36)49(65)60-40(19-20-52)51(67)62(4)45-35-14-18-43(69-26-23-55)39(29-35)38-27-33(11-17-42(38)68-25-22-54)28-41(48(64)56-24-21-53)61-47(63)32(3)59-50(45)66/h11-18,27,29,32,36,40-41,45H,5-10,19-20,22-26,28,52,54-55H2,1-4H3,(H,56,64)(H,59,66)(H,60,65)(H,61,63)/t32-,40-,41-,45-/m0/s1. The van der Waals surface area contributed by atoms with E-state index in [0.717, 1.165) is 37.0 Å². The van der Waals surface area contributed by atoms with E-state index in [-0.39, 0.29) is 63.9 Å². The largest absolute Gasteiger partial charge is 0.492 e. The summed E-state index contributed by atoms with van der Waals surface area (Å²) in [6, 6.07) is 14.6. The average Bonchev–Trinajstić information content (AvgIpc) is 3.62. The van der Waals surface area contributed by atoms with Crippen LogP contribution in [0.15, 0.2) is 60.7 Å². The molecule has 19 nitrogen and oxygen atoms in total. The van der Waals surface area contributed by atoms with Crippen LogP contribution in [0.25, 0.3) is 22.5 Å². The van der Waals surface area contributed by atoms with Crippen molar-refractivity contribution in [2.75, 3.05) is 46.4 Å². The Morgan fingerprint density at radius 2 is 1.47 bits per heavy atom. The molecule has 70 heavy (non-hydrogen) atoms. The zero-order chi connectivity index (χ0) is 50.3. The number of nitrogens with two attached hydrogens (primary N) is 3. The van der Waals surface area contributed by atoms with E-state index in [1.807, 2.05) is 30.3 Å². The van der Waals surface area contributed by atoms with Crippen molar-refractivity contribution in [3.8, 4) is 45.8 Å². The summed E-state index contributed by atoms with van der Waals surface area (Å²) in [5, 5.41) is 20.0. The van der Waals surface area contributed by atoms with E-state index in [4.69, 9.17) is 31.4 Å². The fourth-order valence-corrected chi connectivity index (χ4v) is 8.77. The molecule has 5 amide bonds. The number of hydrogen-bond acceptors (Lipinski definition) is 14. The Kier molecular flexibility index (Phi) is 18.6. The molecule has 6 rings (SSSR count). The third-order valence-electron chi connectivity index (χ3n) is 12.3. The molecule has 1 aliphatic carbocycles. The van der Waals surface area contributed by atoms with Gasteiger partial charge >= 0.3 is 0 Å². The lowest BCUT2D eigenvalue weighted by molar-refractivity contribution is -0.141. The molecule has 4 aromatic rings. The highest BCUT2D eigenvalue weighted by Crippen LogP contribution is 2.40. The molecule has 1 aromatic heterocycles. The van der Waals surface area contributed by atoms with Gasteiger partial charge in [-0.1, -0.05) is 25.0 Å². The van der Waals surface area contributed by atoms with Crippen molar-refractivity contribution in [2.24, 2.45) is 17.2 Å². The van der Waals surface area contributed by atoms with Crippen LogP contribution in [0.1, 0.15) is 90.8 Å². The number of nitrogens with zero attached hydrogens (tertiary/aromatic N) is 4. The molecule has 19 heteroatoms. The number of fused-ring (bicyclic) bond motifs is 5. The van der Waals surface area contributed by atoms with Gasteiger partial charge in [-0.2, -0.15) is 5.26 Å². The van der Waals surface area contributed by atoms with Crippen LogP contribution >= 0.6 is 0 Å². The first-order valence-electron chi connectivity index (χ1n) is 23.8. The summed E-state index contributed by atoms with van der Waals surface area (Å²) in [5.74, 6) is -1.39. The van der Waals surface area contributed by atoms with Gasteiger partial charge in [-0.3, -0.25) is 24.0 Å². The van der Waals surface area contributed by atoms with E-state index in [1.165, 1.54) is 31.7 Å². The highest BCUT2D eigenvalue weighted by Gasteiger charge is 2.36. The number of ether oxygens (including phenoxy) is 3. The zero-order valence-corrected chi connectivity index (χ0v) is 40.3. The maximum atomic E-state index is 14.8. The van der Waals surface area contributed by atoms with Gasteiger partial charge in [0.1, 0.15) is 61.2 Å². The SMILES string of the molecule is Cc1nc(-c2ccc(OC3CCCCCC3)cc2)nc(C)c1C(=O)N[C@@H](CCN)C(=O)N(C)[C@@H]1C(=O)N[C@@H](C)C(=O)N[C@H](C(=O)NCC#N)Cc2ccc(OCCN)c(c2)-c2cc1ccc2OCCN. The van der Waals surface area contributed by atoms with Crippen molar-refractivity contribution in [2.45, 2.75) is 102 Å². The van der Waals surface area contributed by atoms with E-state index in [1.54, 1.807) is 50.2 Å². The second kappa shape index (κ2) is 24.9. The summed E-state index contributed by atoms with van der Waals surface area (Å²) in [6.45, 7) is 5.18. The summed E-state index contributed by atoms with van der Waals surface area (Å²) in [5.41, 5.74) is 21.3. The van der Waals surface area contributed by atoms with E-state index >= 15 is 0 Å². The van der Waals surface area contributed by atoms with Crippen molar-refractivity contribution in [1.29, 1.82) is 5.26 Å². The smallest absolute Gasteiger partial charge is 0.255 e. The van der Waals surface area contributed by atoms with Gasteiger partial charge in [0.15, 0.2) is 5.82 Å². The minimum Gasteiger partial charge on any atom is -0.492 e. The van der Waals surface area contributed by atoms with Gasteiger partial charge in [0, 0.05) is 43.2 Å². The first-order chi connectivity index (χ1) is 33.8. The van der Waals surface area contributed by atoms with Gasteiger partial charge in [-0.15, -0.1) is 0 Å². The Labute approximate surface area is 408 Å². The molecule has 2 aliphatic rings. The van der Waals surface area contributed by atoms with Crippen LogP contribution in [0.4, 0.5) is 0 Å². The van der Waals surface area contributed by atoms with Crippen molar-refractivity contribution < 1.29 is 38.2 Å². The van der Waals surface area contributed by atoms with Crippen molar-refractivity contribution >= 4 is 29.5 Å². The minimum atomic E-state index is -1.41. The number of likely N-dealkylation sites (N-methyl/N-ethyl adjacent to an activating group) is 1. The van der Waals surface area contributed by atoms with Gasteiger partial charge in [-0.05, 0) is 119 Å². The van der Waals surface area contributed by atoms with Gasteiger partial charge in [0.2, 0.25) is 23.6 Å². The number of nitrogens with one attached hydrogen (secondary N) is 4. The number of carbonyl (C=O) groups is 5. The van der Waals surface area contributed by atoms with Crippen LogP contribution in [0.5, 0.6) is 17.2 Å². The quantitative estimate of drug-likeness (QED) is 0.0592. The Morgan fingerprint density at radius 1 is 0.843 bits per heavy atom. The predicted molar refractivity (Wildman–Crippen MR) is 262 cm³/mol. The summed E-state index contributed by atoms with van der Waals surface area (Å²) in [7, 11) is 1.42. The third kappa shape index (κ3) is 13.1. The molecule has 1 aliphatic heterocycles. The molecule has 1 saturated carbocycles. The molecule has 372 valence electrons. The third-order valence-corrected chi connectivity index (χ3v) is 12.3. The highest BCUT2D eigenvalue weighted by molar-refractivity contribution is 6.00. The monoisotopic (exact) mass is 960 g/mol. The number of nitriles is 1. The highest BCUT2D eigenvalue weighted by atomic mass is 16.5. The molecule has 4 bridgehead atoms. The molecule has 0 spiro atoms. The normalized spacial score (nSPS) is 17.8. The molecule has 2 heterocycles. The number of rotatable bonds is 17. The van der Waals surface area contributed by atoms with Gasteiger partial charge < -0.3 is 57.6 Å². The van der Waals surface area contributed by atoms with Crippen LogP contribution in [-0.4, -0.2) is 115 Å². The van der Waals surface area contributed by atoms with E-state index < -0.39 is 53.7 Å². The first kappa shape index (κ1) is 52.2. The maximum absolute atomic E-state index is 14.8. The molecular formula is C51H65N11O8. The second-order valence-electron chi connectivity index (χ2n) is 17.5. The number of aryl methyl sites for hydroxylation is 2. The topological polar surface area (TPSA) is 292 Å². The molecular weight excluding hydrogens is 895 g/mol. The number of benzene rings is 3. The summed E-state index contributed by atoms with van der Waals surface area (Å²) in [6.07, 6.45) is 7.05. The summed E-state index contributed by atoms with van der Waals surface area (Å²) >= 11 is 0. The lowest BCUT2D eigenvalue weighted by atomic mass is 9.93. The zero-order valence-electron chi connectivity index (χ0n) is 40.3. The Balaban J connectivity index is 1.33. The van der Waals surface area contributed by atoms with Gasteiger partial charge in [-0.25, -0.2) is 9.97 Å². The predicted octanol–water partition coefficient (Wildman–Crippen LogP) is 3.04. The molecule has 3 aromatic carbocycles. The minimum absolute atomic E-state index is 0.000106. The Hall–Kier alpha value is -7.14. The van der Waals surface area contributed by atoms with Crippen molar-refractivity contribution in [3.63, 3.8) is 0 Å². The average molecular weight is 960 g/mol. The maximum Gasteiger partial charge on any atom is 0.255 e. The van der Waals surface area contributed by atoms with Crippen LogP contribution in [0, 0.1) is 25.2 Å². The van der Waals surface area contributed by atoms with Crippen molar-refractivity contribution in [3.05, 3.63) is 88.7 Å². The van der Waals surface area contributed by atoms with E-state index in [9.17, 15) is 29.2 Å². The molecule has 0 radical (unpaired) electrons. The summed E-state index contributed by atoms with van der Waals surface area (Å²) in [4.78, 5) is 81.3. The van der Waals surface area contributed by atoms with Crippen LogP contribution < -0.4 is 52.7 Å². The Bertz CT molecular complexity index is 2520. The summed E-state index contributed by atoms with van der Waals surface area (Å²) < 4.78 is 18.5. The lowest BCUT2D eigenvalue weighted by Crippen LogP contribution is -2.56. The van der Waals surface area contributed by atoms with Crippen LogP contribution in [-0.2, 0) is 25.6 Å². The fraction of sp³-hybridized carbons (Fsp3) is 0.451. The molecule has 0 unspecified atom stereocenters. The molecule has 10 N–H and O–H groups in total. The number of aromatic nitrogens is 2. The lowest BCUT2D eigenvalue weighted by Gasteiger charge is -2.32. The molecule has 0 saturated heterocycles. The number of hydrogen-bond donors (Lipinski definition) is 7. The van der Waals surface area contributed by atoms with Crippen LogP contribution in [0.3, 0.4) is 0 Å².